The number of thiophene rings is 1. The zero-order valence-corrected chi connectivity index (χ0v) is 13.5. The van der Waals surface area contributed by atoms with E-state index in [1.807, 2.05) is 24.3 Å². The van der Waals surface area contributed by atoms with Crippen LogP contribution >= 0.6 is 11.3 Å². The highest BCUT2D eigenvalue weighted by Gasteiger charge is 2.11. The first-order chi connectivity index (χ1) is 10.1. The molecule has 0 amide bonds. The second-order valence-electron chi connectivity index (χ2n) is 5.37. The van der Waals surface area contributed by atoms with E-state index in [4.69, 9.17) is 4.74 Å². The van der Waals surface area contributed by atoms with Crippen LogP contribution in [0.25, 0.3) is 0 Å². The summed E-state index contributed by atoms with van der Waals surface area (Å²) in [4.78, 5) is 13.4. The van der Waals surface area contributed by atoms with Crippen LogP contribution in [0.4, 0.5) is 5.69 Å². The van der Waals surface area contributed by atoms with Gasteiger partial charge in [0.1, 0.15) is 5.75 Å². The number of ketones is 1. The minimum atomic E-state index is 0.173. The fourth-order valence-electron chi connectivity index (χ4n) is 2.10. The Morgan fingerprint density at radius 2 is 2.14 bits per heavy atom. The molecule has 0 unspecified atom stereocenters. The lowest BCUT2D eigenvalue weighted by molar-refractivity contribution is 0.0968. The van der Waals surface area contributed by atoms with Crippen molar-refractivity contribution in [3.63, 3.8) is 0 Å². The zero-order valence-electron chi connectivity index (χ0n) is 12.7. The topological polar surface area (TPSA) is 38.3 Å². The minimum Gasteiger partial charge on any atom is -0.495 e. The van der Waals surface area contributed by atoms with Gasteiger partial charge in [0.15, 0.2) is 5.78 Å². The molecule has 0 saturated carbocycles. The average molecular weight is 303 g/mol. The molecule has 4 heteroatoms. The van der Waals surface area contributed by atoms with Crippen LogP contribution in [0, 0.1) is 5.92 Å². The molecule has 1 aromatic carbocycles. The van der Waals surface area contributed by atoms with Gasteiger partial charge in [-0.05, 0) is 35.6 Å². The maximum absolute atomic E-state index is 12.2. The van der Waals surface area contributed by atoms with Gasteiger partial charge < -0.3 is 10.1 Å². The molecule has 0 aliphatic carbocycles. The summed E-state index contributed by atoms with van der Waals surface area (Å²) in [6.07, 6.45) is 0.566. The predicted molar refractivity (Wildman–Crippen MR) is 88.4 cm³/mol. The molecule has 0 aliphatic rings. The van der Waals surface area contributed by atoms with Crippen LogP contribution in [-0.2, 0) is 6.54 Å². The molecule has 1 aromatic heterocycles. The predicted octanol–water partition coefficient (Wildman–Crippen LogP) is 4.60. The van der Waals surface area contributed by atoms with Crippen molar-refractivity contribution in [1.82, 2.24) is 0 Å². The van der Waals surface area contributed by atoms with Crippen molar-refractivity contribution in [1.29, 1.82) is 0 Å². The summed E-state index contributed by atoms with van der Waals surface area (Å²) in [6, 6.07) is 9.68. The van der Waals surface area contributed by atoms with E-state index in [-0.39, 0.29) is 5.78 Å². The molecule has 0 aliphatic heterocycles. The Kier molecular flexibility index (Phi) is 5.39. The van der Waals surface area contributed by atoms with Crippen molar-refractivity contribution in [3.05, 3.63) is 46.2 Å². The van der Waals surface area contributed by atoms with E-state index in [0.717, 1.165) is 23.5 Å². The number of ether oxygens (including phenoxy) is 1. The third-order valence-electron chi connectivity index (χ3n) is 3.15. The van der Waals surface area contributed by atoms with Crippen molar-refractivity contribution in [2.75, 3.05) is 12.4 Å². The third kappa shape index (κ3) is 4.33. The lowest BCUT2D eigenvalue weighted by Crippen LogP contribution is -2.06. The highest BCUT2D eigenvalue weighted by molar-refractivity contribution is 7.09. The van der Waals surface area contributed by atoms with Gasteiger partial charge in [0.2, 0.25) is 0 Å². The van der Waals surface area contributed by atoms with E-state index in [1.54, 1.807) is 18.4 Å². The number of carbonyl (C=O) groups excluding carboxylic acids is 1. The smallest absolute Gasteiger partial charge is 0.163 e. The molecule has 3 nitrogen and oxygen atoms in total. The SMILES string of the molecule is COc1ccc(C(=O)CC(C)C)cc1NCc1cccs1. The number of carbonyl (C=O) groups is 1. The fraction of sp³-hybridized carbons (Fsp3) is 0.353. The van der Waals surface area contributed by atoms with Crippen LogP contribution in [-0.4, -0.2) is 12.9 Å². The number of hydrogen-bond donors (Lipinski definition) is 1. The maximum atomic E-state index is 12.2. The Morgan fingerprint density at radius 1 is 1.33 bits per heavy atom. The van der Waals surface area contributed by atoms with Gasteiger partial charge in [-0.1, -0.05) is 19.9 Å². The Bertz CT molecular complexity index is 591. The second kappa shape index (κ2) is 7.27. The van der Waals surface area contributed by atoms with E-state index < -0.39 is 0 Å². The van der Waals surface area contributed by atoms with E-state index in [1.165, 1.54) is 4.88 Å². The highest BCUT2D eigenvalue weighted by Crippen LogP contribution is 2.27. The van der Waals surface area contributed by atoms with Gasteiger partial charge in [-0.15, -0.1) is 11.3 Å². The normalized spacial score (nSPS) is 10.7. The quantitative estimate of drug-likeness (QED) is 0.760. The summed E-state index contributed by atoms with van der Waals surface area (Å²) in [5.41, 5.74) is 1.60. The summed E-state index contributed by atoms with van der Waals surface area (Å²) in [5, 5.41) is 5.40. The largest absolute Gasteiger partial charge is 0.495 e. The molecule has 0 atom stereocenters. The molecule has 0 spiro atoms. The number of nitrogens with one attached hydrogen (secondary N) is 1. The van der Waals surface area contributed by atoms with Gasteiger partial charge in [0, 0.05) is 23.4 Å². The van der Waals surface area contributed by atoms with Gasteiger partial charge >= 0.3 is 0 Å². The molecule has 0 bridgehead atoms. The number of hydrogen-bond acceptors (Lipinski definition) is 4. The Labute approximate surface area is 130 Å². The fourth-order valence-corrected chi connectivity index (χ4v) is 2.75. The summed E-state index contributed by atoms with van der Waals surface area (Å²) in [7, 11) is 1.64. The van der Waals surface area contributed by atoms with Gasteiger partial charge in [-0.2, -0.15) is 0 Å². The summed E-state index contributed by atoms with van der Waals surface area (Å²) < 4.78 is 5.36. The number of Topliss-reactive ketones (excluding diaryl/α,β-unsaturated/α-hetero) is 1. The van der Waals surface area contributed by atoms with E-state index in [0.29, 0.717) is 12.3 Å². The van der Waals surface area contributed by atoms with Gasteiger partial charge in [0.05, 0.1) is 12.8 Å². The van der Waals surface area contributed by atoms with Crippen molar-refractivity contribution in [3.8, 4) is 5.75 Å². The van der Waals surface area contributed by atoms with Crippen LogP contribution < -0.4 is 10.1 Å². The molecular formula is C17H21NO2S. The van der Waals surface area contributed by atoms with Crippen molar-refractivity contribution < 1.29 is 9.53 Å². The lowest BCUT2D eigenvalue weighted by atomic mass is 10.0. The zero-order chi connectivity index (χ0) is 15.2. The number of methoxy groups -OCH3 is 1. The van der Waals surface area contributed by atoms with E-state index in [9.17, 15) is 4.79 Å². The molecule has 1 heterocycles. The van der Waals surface area contributed by atoms with Gasteiger partial charge in [0.25, 0.3) is 0 Å². The molecule has 2 rings (SSSR count). The summed E-state index contributed by atoms with van der Waals surface area (Å²) in [6.45, 7) is 4.84. The lowest BCUT2D eigenvalue weighted by Gasteiger charge is -2.12. The van der Waals surface area contributed by atoms with Crippen LogP contribution in [0.3, 0.4) is 0 Å². The molecule has 0 radical (unpaired) electrons. The monoisotopic (exact) mass is 303 g/mol. The first kappa shape index (κ1) is 15.6. The molecule has 0 fully saturated rings. The van der Waals surface area contributed by atoms with Gasteiger partial charge in [-0.25, -0.2) is 0 Å². The van der Waals surface area contributed by atoms with Crippen LogP contribution in [0.1, 0.15) is 35.5 Å². The van der Waals surface area contributed by atoms with E-state index in [2.05, 4.69) is 30.6 Å². The van der Waals surface area contributed by atoms with Crippen LogP contribution in [0.15, 0.2) is 35.7 Å². The molecule has 0 saturated heterocycles. The number of anilines is 1. The van der Waals surface area contributed by atoms with E-state index >= 15 is 0 Å². The Morgan fingerprint density at radius 3 is 2.76 bits per heavy atom. The highest BCUT2D eigenvalue weighted by atomic mass is 32.1. The van der Waals surface area contributed by atoms with Gasteiger partial charge in [-0.3, -0.25) is 4.79 Å². The second-order valence-corrected chi connectivity index (χ2v) is 6.40. The minimum absolute atomic E-state index is 0.173. The molecule has 1 N–H and O–H groups in total. The maximum Gasteiger partial charge on any atom is 0.163 e. The first-order valence-corrected chi connectivity index (χ1v) is 7.95. The standard InChI is InChI=1S/C17H21NO2S/c1-12(2)9-16(19)13-6-7-17(20-3)15(10-13)18-11-14-5-4-8-21-14/h4-8,10,12,18H,9,11H2,1-3H3. The average Bonchev–Trinajstić information content (AvgIpc) is 2.97. The molecule has 112 valence electrons. The Balaban J connectivity index is 2.15. The van der Waals surface area contributed by atoms with Crippen molar-refractivity contribution in [2.24, 2.45) is 5.92 Å². The molecule has 2 aromatic rings. The Hall–Kier alpha value is -1.81. The first-order valence-electron chi connectivity index (χ1n) is 7.07. The summed E-state index contributed by atoms with van der Waals surface area (Å²) in [5.74, 6) is 1.29. The van der Waals surface area contributed by atoms with Crippen LogP contribution in [0.2, 0.25) is 0 Å². The van der Waals surface area contributed by atoms with Crippen molar-refractivity contribution >= 4 is 22.8 Å². The van der Waals surface area contributed by atoms with Crippen LogP contribution in [0.5, 0.6) is 5.75 Å². The molecule has 21 heavy (non-hydrogen) atoms. The number of rotatable bonds is 7. The van der Waals surface area contributed by atoms with Crippen molar-refractivity contribution in [2.45, 2.75) is 26.8 Å². The summed E-state index contributed by atoms with van der Waals surface area (Å²) >= 11 is 1.70. The molecular weight excluding hydrogens is 282 g/mol. The third-order valence-corrected chi connectivity index (χ3v) is 4.02. The number of benzene rings is 1.